The van der Waals surface area contributed by atoms with Crippen molar-refractivity contribution in [3.05, 3.63) is 39.9 Å². The molecule has 9 nitrogen and oxygen atoms in total. The van der Waals surface area contributed by atoms with E-state index in [1.165, 1.54) is 31.4 Å². The van der Waals surface area contributed by atoms with Gasteiger partial charge < -0.3 is 15.4 Å². The van der Waals surface area contributed by atoms with Gasteiger partial charge in [-0.15, -0.1) is 0 Å². The Bertz CT molecular complexity index is 741. The van der Waals surface area contributed by atoms with Gasteiger partial charge in [-0.1, -0.05) is 13.8 Å². The molecule has 154 valence electrons. The average Bonchev–Trinajstić information content (AvgIpc) is 2.63. The zero-order valence-electron chi connectivity index (χ0n) is 16.8. The second kappa shape index (κ2) is 9.29. The van der Waals surface area contributed by atoms with E-state index in [1.807, 2.05) is 0 Å². The maximum absolute atomic E-state index is 12.4. The number of nitro benzene ring substituents is 1. The second-order valence-electron chi connectivity index (χ2n) is 7.75. The molecule has 0 radical (unpaired) electrons. The molecule has 0 aliphatic carbocycles. The molecule has 9 heteroatoms. The van der Waals surface area contributed by atoms with Gasteiger partial charge >= 0.3 is 5.97 Å². The summed E-state index contributed by atoms with van der Waals surface area (Å²) in [6.07, 6.45) is 0.299. The van der Waals surface area contributed by atoms with Crippen molar-refractivity contribution in [1.29, 1.82) is 0 Å². The van der Waals surface area contributed by atoms with Crippen molar-refractivity contribution in [3.63, 3.8) is 0 Å². The van der Waals surface area contributed by atoms with Crippen LogP contribution >= 0.6 is 0 Å². The molecule has 0 aromatic heterocycles. The van der Waals surface area contributed by atoms with Gasteiger partial charge in [0.05, 0.1) is 17.4 Å². The van der Waals surface area contributed by atoms with Gasteiger partial charge in [-0.3, -0.25) is 24.5 Å². The summed E-state index contributed by atoms with van der Waals surface area (Å²) in [5.41, 5.74) is -1.42. The van der Waals surface area contributed by atoms with Crippen molar-refractivity contribution in [3.8, 4) is 0 Å². The van der Waals surface area contributed by atoms with Crippen LogP contribution < -0.4 is 10.6 Å². The molecule has 0 fully saturated rings. The highest BCUT2D eigenvalue weighted by molar-refractivity contribution is 5.94. The number of ether oxygens (including phenoxy) is 1. The molecule has 0 saturated carbocycles. The summed E-state index contributed by atoms with van der Waals surface area (Å²) in [5, 5.41) is 16.0. The van der Waals surface area contributed by atoms with Crippen LogP contribution in [0.1, 0.15) is 44.5 Å². The number of benzene rings is 1. The Balaban J connectivity index is 2.49. The zero-order chi connectivity index (χ0) is 21.5. The first-order chi connectivity index (χ1) is 12.9. The Morgan fingerprint density at radius 2 is 1.54 bits per heavy atom. The molecule has 28 heavy (non-hydrogen) atoms. The number of carbonyl (C=O) groups excluding carboxylic acids is 3. The maximum atomic E-state index is 12.4. The molecule has 0 heterocycles. The van der Waals surface area contributed by atoms with Crippen LogP contribution in [0.2, 0.25) is 0 Å². The van der Waals surface area contributed by atoms with Crippen LogP contribution in [0.4, 0.5) is 5.69 Å². The molecule has 0 spiro atoms. The van der Waals surface area contributed by atoms with Gasteiger partial charge in [-0.25, -0.2) is 0 Å². The molecular weight excluding hydrogens is 366 g/mol. The number of hydrogen-bond acceptors (Lipinski definition) is 6. The van der Waals surface area contributed by atoms with Gasteiger partial charge in [0.25, 0.3) is 11.6 Å². The van der Waals surface area contributed by atoms with Crippen molar-refractivity contribution in [2.24, 2.45) is 10.8 Å². The molecule has 0 saturated heterocycles. The summed E-state index contributed by atoms with van der Waals surface area (Å²) < 4.78 is 4.77. The Hall–Kier alpha value is -2.97. The minimum absolute atomic E-state index is 0.0964. The van der Waals surface area contributed by atoms with E-state index in [2.05, 4.69) is 10.6 Å². The normalized spacial score (nSPS) is 11.5. The lowest BCUT2D eigenvalue weighted by Gasteiger charge is -2.31. The molecule has 1 aromatic rings. The average molecular weight is 393 g/mol. The molecule has 0 atom stereocenters. The number of nitrogens with one attached hydrogen (secondary N) is 2. The van der Waals surface area contributed by atoms with E-state index in [0.717, 1.165) is 0 Å². The number of rotatable bonds is 9. The van der Waals surface area contributed by atoms with Crippen LogP contribution in [0.5, 0.6) is 0 Å². The lowest BCUT2D eigenvalue weighted by Crippen LogP contribution is -2.44. The van der Waals surface area contributed by atoms with Gasteiger partial charge in [0, 0.05) is 36.2 Å². The standard InChI is InChI=1S/C19H27N3O6/c1-18(2,12-19(3,4)17(25)28-5)16(24)21-11-10-20-15(23)13-6-8-14(9-7-13)22(26)27/h6-9H,10-12H2,1-5H3,(H,20,23)(H,21,24). The highest BCUT2D eigenvalue weighted by Gasteiger charge is 2.39. The molecule has 0 unspecified atom stereocenters. The number of hydrogen-bond donors (Lipinski definition) is 2. The number of esters is 1. The Morgan fingerprint density at radius 3 is 2.04 bits per heavy atom. The van der Waals surface area contributed by atoms with Crippen LogP contribution in [0.15, 0.2) is 24.3 Å². The van der Waals surface area contributed by atoms with Crippen LogP contribution in [0.3, 0.4) is 0 Å². The van der Waals surface area contributed by atoms with Crippen molar-refractivity contribution in [1.82, 2.24) is 10.6 Å². The largest absolute Gasteiger partial charge is 0.469 e. The predicted molar refractivity (Wildman–Crippen MR) is 103 cm³/mol. The van der Waals surface area contributed by atoms with Crippen LogP contribution in [-0.2, 0) is 14.3 Å². The molecule has 0 aliphatic heterocycles. The molecule has 2 N–H and O–H groups in total. The van der Waals surface area contributed by atoms with E-state index < -0.39 is 21.7 Å². The fourth-order valence-corrected chi connectivity index (χ4v) is 2.96. The summed E-state index contributed by atoms with van der Waals surface area (Å²) >= 11 is 0. The van der Waals surface area contributed by atoms with E-state index in [-0.39, 0.29) is 36.2 Å². The number of nitro groups is 1. The third kappa shape index (κ3) is 6.33. The molecule has 1 rings (SSSR count). The molecule has 1 aromatic carbocycles. The SMILES string of the molecule is COC(=O)C(C)(C)CC(C)(C)C(=O)NCCNC(=O)c1ccc([N+](=O)[O-])cc1. The van der Waals surface area contributed by atoms with Crippen LogP contribution in [0.25, 0.3) is 0 Å². The predicted octanol–water partition coefficient (Wildman–Crippen LogP) is 2.06. The topological polar surface area (TPSA) is 128 Å². The van der Waals surface area contributed by atoms with Crippen molar-refractivity contribution in [2.45, 2.75) is 34.1 Å². The van der Waals surface area contributed by atoms with Gasteiger partial charge in [-0.2, -0.15) is 0 Å². The van der Waals surface area contributed by atoms with E-state index in [0.29, 0.717) is 6.42 Å². The summed E-state index contributed by atoms with van der Waals surface area (Å²) in [7, 11) is 1.31. The third-order valence-corrected chi connectivity index (χ3v) is 4.27. The molecular formula is C19H27N3O6. The minimum Gasteiger partial charge on any atom is -0.469 e. The highest BCUT2D eigenvalue weighted by Crippen LogP contribution is 2.34. The van der Waals surface area contributed by atoms with Crippen molar-refractivity contribution < 1.29 is 24.0 Å². The number of nitrogens with zero attached hydrogens (tertiary/aromatic N) is 1. The molecule has 0 aliphatic rings. The van der Waals surface area contributed by atoms with Gasteiger partial charge in [0.15, 0.2) is 0 Å². The Labute approximate surface area is 164 Å². The van der Waals surface area contributed by atoms with Crippen LogP contribution in [0, 0.1) is 20.9 Å². The fourth-order valence-electron chi connectivity index (χ4n) is 2.96. The van der Waals surface area contributed by atoms with Crippen molar-refractivity contribution in [2.75, 3.05) is 20.2 Å². The summed E-state index contributed by atoms with van der Waals surface area (Å²) in [4.78, 5) is 46.3. The fraction of sp³-hybridized carbons (Fsp3) is 0.526. The van der Waals surface area contributed by atoms with E-state index in [1.54, 1.807) is 27.7 Å². The monoisotopic (exact) mass is 393 g/mol. The lowest BCUT2D eigenvalue weighted by atomic mass is 9.74. The second-order valence-corrected chi connectivity index (χ2v) is 7.75. The number of non-ortho nitro benzene ring substituents is 1. The summed E-state index contributed by atoms with van der Waals surface area (Å²) in [5.74, 6) is -1.02. The zero-order valence-corrected chi connectivity index (χ0v) is 16.8. The number of methoxy groups -OCH3 is 1. The summed E-state index contributed by atoms with van der Waals surface area (Å²) in [6, 6.07) is 5.23. The summed E-state index contributed by atoms with van der Waals surface area (Å²) in [6.45, 7) is 7.32. The quantitative estimate of drug-likeness (QED) is 0.286. The van der Waals surface area contributed by atoms with E-state index >= 15 is 0 Å². The highest BCUT2D eigenvalue weighted by atomic mass is 16.6. The Kier molecular flexibility index (Phi) is 7.66. The Morgan fingerprint density at radius 1 is 1.00 bits per heavy atom. The lowest BCUT2D eigenvalue weighted by molar-refractivity contribution is -0.384. The first-order valence-electron chi connectivity index (χ1n) is 8.80. The van der Waals surface area contributed by atoms with Gasteiger partial charge in [0.1, 0.15) is 0 Å². The molecule has 0 bridgehead atoms. The first-order valence-corrected chi connectivity index (χ1v) is 8.80. The van der Waals surface area contributed by atoms with Crippen molar-refractivity contribution >= 4 is 23.5 Å². The molecule has 2 amide bonds. The smallest absolute Gasteiger partial charge is 0.311 e. The van der Waals surface area contributed by atoms with Gasteiger partial charge in [-0.05, 0) is 32.4 Å². The van der Waals surface area contributed by atoms with Crippen LogP contribution in [-0.4, -0.2) is 42.9 Å². The van der Waals surface area contributed by atoms with E-state index in [9.17, 15) is 24.5 Å². The van der Waals surface area contributed by atoms with Gasteiger partial charge in [0.2, 0.25) is 5.91 Å². The number of amides is 2. The third-order valence-electron chi connectivity index (χ3n) is 4.27. The number of carbonyl (C=O) groups is 3. The van der Waals surface area contributed by atoms with E-state index in [4.69, 9.17) is 4.74 Å². The first kappa shape index (κ1) is 23.1. The minimum atomic E-state index is -0.806. The maximum Gasteiger partial charge on any atom is 0.311 e.